The van der Waals surface area contributed by atoms with E-state index in [1.165, 1.54) is 32.1 Å². The summed E-state index contributed by atoms with van der Waals surface area (Å²) in [4.78, 5) is 11.2. The molecule has 0 aliphatic rings. The number of carbonyl (C=O) groups is 1. The molecule has 0 heterocycles. The number of ether oxygens (including phenoxy) is 1. The molecule has 0 aromatic carbocycles. The van der Waals surface area contributed by atoms with Gasteiger partial charge in [0.2, 0.25) is 0 Å². The SMILES string of the molecule is C=C(C)C(=O)OCCCCCCCCCC[Si](OC)(OC)OC. The first-order valence-corrected chi connectivity index (χ1v) is 10.4. The van der Waals surface area contributed by atoms with Crippen molar-refractivity contribution >= 4 is 14.8 Å². The molecule has 0 radical (unpaired) electrons. The molecule has 23 heavy (non-hydrogen) atoms. The predicted molar refractivity (Wildman–Crippen MR) is 94.3 cm³/mol. The maximum Gasteiger partial charge on any atom is 0.500 e. The first-order chi connectivity index (χ1) is 11.0. The van der Waals surface area contributed by atoms with Crippen LogP contribution in [0.1, 0.15) is 58.3 Å². The molecule has 0 aliphatic carbocycles. The summed E-state index contributed by atoms with van der Waals surface area (Å²) in [5.41, 5.74) is 0.465. The van der Waals surface area contributed by atoms with Crippen LogP contribution in [0.3, 0.4) is 0 Å². The number of unbranched alkanes of at least 4 members (excludes halogenated alkanes) is 7. The third-order valence-corrected chi connectivity index (χ3v) is 6.72. The van der Waals surface area contributed by atoms with Crippen molar-refractivity contribution in [3.05, 3.63) is 12.2 Å². The largest absolute Gasteiger partial charge is 0.500 e. The number of hydrogen-bond acceptors (Lipinski definition) is 5. The van der Waals surface area contributed by atoms with E-state index in [2.05, 4.69) is 6.58 Å². The van der Waals surface area contributed by atoms with Crippen molar-refractivity contribution in [2.45, 2.75) is 64.3 Å². The molecule has 0 fully saturated rings. The van der Waals surface area contributed by atoms with E-state index in [1.807, 2.05) is 0 Å². The Bertz CT molecular complexity index is 321. The van der Waals surface area contributed by atoms with Crippen molar-refractivity contribution in [2.24, 2.45) is 0 Å². The molecule has 0 aromatic heterocycles. The summed E-state index contributed by atoms with van der Waals surface area (Å²) in [5.74, 6) is -0.284. The van der Waals surface area contributed by atoms with Crippen molar-refractivity contribution in [3.63, 3.8) is 0 Å². The second-order valence-electron chi connectivity index (χ2n) is 5.79. The lowest BCUT2D eigenvalue weighted by Crippen LogP contribution is -2.42. The lowest BCUT2D eigenvalue weighted by atomic mass is 10.1. The molecule has 0 spiro atoms. The minimum atomic E-state index is -2.37. The van der Waals surface area contributed by atoms with Gasteiger partial charge in [0.05, 0.1) is 6.61 Å². The average molecular weight is 347 g/mol. The fraction of sp³-hybridized carbons (Fsp3) is 0.824. The van der Waals surface area contributed by atoms with Gasteiger partial charge in [0, 0.05) is 32.9 Å². The molecule has 6 heteroatoms. The molecule has 0 amide bonds. The molecule has 0 N–H and O–H groups in total. The zero-order chi connectivity index (χ0) is 17.6. The highest BCUT2D eigenvalue weighted by molar-refractivity contribution is 6.60. The van der Waals surface area contributed by atoms with Crippen molar-refractivity contribution < 1.29 is 22.8 Å². The van der Waals surface area contributed by atoms with Crippen LogP contribution in [0.25, 0.3) is 0 Å². The highest BCUT2D eigenvalue weighted by Crippen LogP contribution is 2.18. The van der Waals surface area contributed by atoms with Gasteiger partial charge >= 0.3 is 14.8 Å². The van der Waals surface area contributed by atoms with Crippen molar-refractivity contribution in [1.82, 2.24) is 0 Å². The standard InChI is InChI=1S/C17H34O5Si/c1-16(2)17(18)22-14-12-10-8-6-7-9-11-13-15-23(19-3,20-4)21-5/h1,6-15H2,2-5H3. The summed E-state index contributed by atoms with van der Waals surface area (Å²) in [6.07, 6.45) is 9.20. The van der Waals surface area contributed by atoms with Gasteiger partial charge in [-0.15, -0.1) is 0 Å². The highest BCUT2D eigenvalue weighted by atomic mass is 28.4. The van der Waals surface area contributed by atoms with E-state index in [-0.39, 0.29) is 5.97 Å². The molecule has 0 saturated heterocycles. The van der Waals surface area contributed by atoms with Crippen LogP contribution >= 0.6 is 0 Å². The van der Waals surface area contributed by atoms with Crippen LogP contribution in [0.5, 0.6) is 0 Å². The summed E-state index contributed by atoms with van der Waals surface area (Å²) in [7, 11) is 2.61. The van der Waals surface area contributed by atoms with Crippen LogP contribution < -0.4 is 0 Å². The molecule has 0 bridgehead atoms. The van der Waals surface area contributed by atoms with Gasteiger partial charge in [0.1, 0.15) is 0 Å². The minimum absolute atomic E-state index is 0.284. The zero-order valence-electron chi connectivity index (χ0n) is 15.3. The summed E-state index contributed by atoms with van der Waals surface area (Å²) >= 11 is 0. The van der Waals surface area contributed by atoms with Crippen LogP contribution in [-0.2, 0) is 22.8 Å². The fourth-order valence-electron chi connectivity index (χ4n) is 2.35. The quantitative estimate of drug-likeness (QED) is 0.193. The van der Waals surface area contributed by atoms with E-state index in [4.69, 9.17) is 18.0 Å². The van der Waals surface area contributed by atoms with Gasteiger partial charge in [0.25, 0.3) is 0 Å². The smallest absolute Gasteiger partial charge is 0.462 e. The van der Waals surface area contributed by atoms with Gasteiger partial charge < -0.3 is 18.0 Å². The molecule has 136 valence electrons. The van der Waals surface area contributed by atoms with Crippen LogP contribution in [0.4, 0.5) is 0 Å². The van der Waals surface area contributed by atoms with E-state index in [0.29, 0.717) is 12.2 Å². The molecular formula is C17H34O5Si. The normalized spacial score (nSPS) is 11.5. The third-order valence-electron chi connectivity index (χ3n) is 3.89. The number of hydrogen-bond donors (Lipinski definition) is 0. The Balaban J connectivity index is 3.40. The predicted octanol–water partition coefficient (Wildman–Crippen LogP) is 4.10. The molecule has 0 unspecified atom stereocenters. The molecule has 0 aromatic rings. The van der Waals surface area contributed by atoms with Crippen molar-refractivity contribution in [3.8, 4) is 0 Å². The molecule has 0 saturated carbocycles. The van der Waals surface area contributed by atoms with Crippen LogP contribution in [0.2, 0.25) is 6.04 Å². The maximum atomic E-state index is 11.2. The average Bonchev–Trinajstić information content (AvgIpc) is 2.56. The van der Waals surface area contributed by atoms with Crippen LogP contribution in [-0.4, -0.2) is 42.7 Å². The van der Waals surface area contributed by atoms with Crippen LogP contribution in [0.15, 0.2) is 12.2 Å². The van der Waals surface area contributed by atoms with Gasteiger partial charge in [-0.05, 0) is 19.8 Å². The Morgan fingerprint density at radius 2 is 1.26 bits per heavy atom. The Morgan fingerprint density at radius 1 is 0.826 bits per heavy atom. The van der Waals surface area contributed by atoms with E-state index in [0.717, 1.165) is 25.3 Å². The van der Waals surface area contributed by atoms with Crippen molar-refractivity contribution in [1.29, 1.82) is 0 Å². The first-order valence-electron chi connectivity index (χ1n) is 8.49. The Morgan fingerprint density at radius 3 is 1.70 bits per heavy atom. The van der Waals surface area contributed by atoms with E-state index in [1.54, 1.807) is 28.3 Å². The second kappa shape index (κ2) is 13.7. The van der Waals surface area contributed by atoms with E-state index in [9.17, 15) is 4.79 Å². The van der Waals surface area contributed by atoms with E-state index < -0.39 is 8.80 Å². The monoisotopic (exact) mass is 346 g/mol. The van der Waals surface area contributed by atoms with Gasteiger partial charge in [-0.25, -0.2) is 4.79 Å². The molecule has 0 atom stereocenters. The lowest BCUT2D eigenvalue weighted by molar-refractivity contribution is -0.139. The Labute approximate surface area is 142 Å². The van der Waals surface area contributed by atoms with Gasteiger partial charge in [0.15, 0.2) is 0 Å². The highest BCUT2D eigenvalue weighted by Gasteiger charge is 2.36. The minimum Gasteiger partial charge on any atom is -0.462 e. The second-order valence-corrected chi connectivity index (χ2v) is 8.88. The fourth-order valence-corrected chi connectivity index (χ4v) is 4.14. The summed E-state index contributed by atoms with van der Waals surface area (Å²) in [5, 5.41) is 0. The molecule has 0 aliphatic heterocycles. The summed E-state index contributed by atoms with van der Waals surface area (Å²) in [6.45, 7) is 5.73. The van der Waals surface area contributed by atoms with Gasteiger partial charge in [-0.1, -0.05) is 45.1 Å². The van der Waals surface area contributed by atoms with Gasteiger partial charge in [-0.2, -0.15) is 0 Å². The number of rotatable bonds is 15. The van der Waals surface area contributed by atoms with Crippen LogP contribution in [0, 0.1) is 0 Å². The Kier molecular flexibility index (Phi) is 13.3. The maximum absolute atomic E-state index is 11.2. The molecule has 5 nitrogen and oxygen atoms in total. The number of carbonyl (C=O) groups excluding carboxylic acids is 1. The van der Waals surface area contributed by atoms with E-state index >= 15 is 0 Å². The lowest BCUT2D eigenvalue weighted by Gasteiger charge is -2.24. The Hall–Kier alpha value is -0.693. The molecular weight excluding hydrogens is 312 g/mol. The van der Waals surface area contributed by atoms with Crippen molar-refractivity contribution in [2.75, 3.05) is 27.9 Å². The number of esters is 1. The van der Waals surface area contributed by atoms with Gasteiger partial charge in [-0.3, -0.25) is 0 Å². The summed E-state index contributed by atoms with van der Waals surface area (Å²) in [6, 6.07) is 0.880. The zero-order valence-corrected chi connectivity index (χ0v) is 16.3. The first kappa shape index (κ1) is 22.3. The summed E-state index contributed by atoms with van der Waals surface area (Å²) < 4.78 is 21.3. The third kappa shape index (κ3) is 10.7. The topological polar surface area (TPSA) is 54.0 Å². The molecule has 0 rings (SSSR count).